The Balaban J connectivity index is 3.99. The van der Waals surface area contributed by atoms with Crippen molar-refractivity contribution in [3.05, 3.63) is 10.1 Å². The second kappa shape index (κ2) is 8.38. The number of hydrogen-bond donors (Lipinski definition) is 0. The van der Waals surface area contributed by atoms with E-state index < -0.39 is 12.0 Å². The van der Waals surface area contributed by atoms with Crippen LogP contribution in [-0.4, -0.2) is 17.3 Å². The maximum absolute atomic E-state index is 10.8. The molecule has 0 amide bonds. The second-order valence-electron chi connectivity index (χ2n) is 3.91. The van der Waals surface area contributed by atoms with Gasteiger partial charge in [-0.3, -0.25) is 10.1 Å². The van der Waals surface area contributed by atoms with E-state index in [4.69, 9.17) is 0 Å². The van der Waals surface area contributed by atoms with Crippen LogP contribution in [-0.2, 0) is 4.79 Å². The van der Waals surface area contributed by atoms with Crippen molar-refractivity contribution in [1.29, 1.82) is 0 Å². The Kier molecular flexibility index (Phi) is 7.86. The van der Waals surface area contributed by atoms with Gasteiger partial charge in [0.15, 0.2) is 0 Å². The van der Waals surface area contributed by atoms with Crippen LogP contribution < -0.4 is 0 Å². The molecule has 0 rings (SSSR count). The topological polar surface area (TPSA) is 60.2 Å². The Bertz CT molecular complexity index is 194. The molecule has 4 nitrogen and oxygen atoms in total. The Morgan fingerprint density at radius 3 is 2.33 bits per heavy atom. The van der Waals surface area contributed by atoms with E-state index in [1.54, 1.807) is 6.92 Å². The van der Waals surface area contributed by atoms with Gasteiger partial charge in [0, 0.05) is 11.3 Å². The lowest BCUT2D eigenvalue weighted by Crippen LogP contribution is -2.29. The monoisotopic (exact) mass is 215 g/mol. The molecule has 0 saturated heterocycles. The highest BCUT2D eigenvalue weighted by molar-refractivity contribution is 5.54. The van der Waals surface area contributed by atoms with Crippen molar-refractivity contribution in [3.63, 3.8) is 0 Å². The minimum absolute atomic E-state index is 0.321. The molecular weight excluding hydrogens is 194 g/mol. The van der Waals surface area contributed by atoms with Crippen LogP contribution in [0.2, 0.25) is 0 Å². The van der Waals surface area contributed by atoms with E-state index in [2.05, 4.69) is 6.92 Å². The van der Waals surface area contributed by atoms with Crippen molar-refractivity contribution in [2.45, 2.75) is 58.4 Å². The van der Waals surface area contributed by atoms with Gasteiger partial charge in [-0.1, -0.05) is 39.5 Å². The van der Waals surface area contributed by atoms with Crippen molar-refractivity contribution in [3.8, 4) is 0 Å². The summed E-state index contributed by atoms with van der Waals surface area (Å²) in [5, 5.41) is 10.7. The zero-order valence-electron chi connectivity index (χ0n) is 9.65. The first-order valence-electron chi connectivity index (χ1n) is 5.76. The Morgan fingerprint density at radius 2 is 1.93 bits per heavy atom. The lowest BCUT2D eigenvalue weighted by Gasteiger charge is -2.13. The molecule has 0 aromatic heterocycles. The molecule has 0 radical (unpaired) electrons. The standard InChI is InChI=1S/C11H21NO3/c1-3-5-6-7-8-10(9-13)11(4-2)12(14)15/h9-11H,3-8H2,1-2H3/t10-,11+/m0/s1. The molecule has 0 spiro atoms. The maximum Gasteiger partial charge on any atom is 0.222 e. The lowest BCUT2D eigenvalue weighted by atomic mass is 9.93. The van der Waals surface area contributed by atoms with Gasteiger partial charge in [-0.2, -0.15) is 0 Å². The molecule has 0 fully saturated rings. The van der Waals surface area contributed by atoms with Crippen LogP contribution in [0, 0.1) is 16.0 Å². The zero-order valence-corrected chi connectivity index (χ0v) is 9.65. The number of rotatable bonds is 9. The highest BCUT2D eigenvalue weighted by atomic mass is 16.6. The van der Waals surface area contributed by atoms with Gasteiger partial charge in [-0.05, 0) is 6.42 Å². The number of nitro groups is 1. The first kappa shape index (κ1) is 14.1. The number of aldehydes is 1. The lowest BCUT2D eigenvalue weighted by molar-refractivity contribution is -0.529. The van der Waals surface area contributed by atoms with Crippen LogP contribution in [0.3, 0.4) is 0 Å². The molecule has 0 bridgehead atoms. The molecule has 0 saturated carbocycles. The Hall–Kier alpha value is -0.930. The van der Waals surface area contributed by atoms with Crippen molar-refractivity contribution in [2.24, 2.45) is 5.92 Å². The molecule has 15 heavy (non-hydrogen) atoms. The molecule has 0 aromatic rings. The average Bonchev–Trinajstić information content (AvgIpc) is 2.22. The smallest absolute Gasteiger partial charge is 0.222 e. The first-order valence-corrected chi connectivity index (χ1v) is 5.76. The van der Waals surface area contributed by atoms with Crippen LogP contribution >= 0.6 is 0 Å². The number of carbonyl (C=O) groups excluding carboxylic acids is 1. The van der Waals surface area contributed by atoms with E-state index in [1.165, 1.54) is 0 Å². The molecule has 4 heteroatoms. The molecule has 0 heterocycles. The van der Waals surface area contributed by atoms with Gasteiger partial charge in [0.2, 0.25) is 6.04 Å². The highest BCUT2D eigenvalue weighted by Crippen LogP contribution is 2.17. The van der Waals surface area contributed by atoms with Gasteiger partial charge < -0.3 is 4.79 Å². The summed E-state index contributed by atoms with van der Waals surface area (Å²) >= 11 is 0. The maximum atomic E-state index is 10.8. The van der Waals surface area contributed by atoms with Crippen LogP contribution in [0.15, 0.2) is 0 Å². The predicted molar refractivity (Wildman–Crippen MR) is 59.4 cm³/mol. The van der Waals surface area contributed by atoms with Gasteiger partial charge in [0.25, 0.3) is 0 Å². The molecule has 0 aliphatic heterocycles. The van der Waals surface area contributed by atoms with E-state index in [-0.39, 0.29) is 4.92 Å². The fraction of sp³-hybridized carbons (Fsp3) is 0.909. The van der Waals surface area contributed by atoms with Crippen molar-refractivity contribution in [2.75, 3.05) is 0 Å². The van der Waals surface area contributed by atoms with E-state index in [0.717, 1.165) is 32.0 Å². The summed E-state index contributed by atoms with van der Waals surface area (Å²) in [6.07, 6.45) is 6.10. The molecule has 88 valence electrons. The summed E-state index contributed by atoms with van der Waals surface area (Å²) in [7, 11) is 0. The third-order valence-electron chi connectivity index (χ3n) is 2.75. The molecule has 0 aliphatic rings. The van der Waals surface area contributed by atoms with Gasteiger partial charge in [0.1, 0.15) is 6.29 Å². The summed E-state index contributed by atoms with van der Waals surface area (Å²) in [6.45, 7) is 3.87. The molecule has 0 N–H and O–H groups in total. The van der Waals surface area contributed by atoms with E-state index in [9.17, 15) is 14.9 Å². The highest BCUT2D eigenvalue weighted by Gasteiger charge is 2.28. The summed E-state index contributed by atoms with van der Waals surface area (Å²) in [4.78, 5) is 21.1. The molecular formula is C11H21NO3. The summed E-state index contributed by atoms with van der Waals surface area (Å²) in [5.41, 5.74) is 0. The number of hydrogen-bond acceptors (Lipinski definition) is 3. The fourth-order valence-electron chi connectivity index (χ4n) is 1.77. The SMILES string of the molecule is CCCCCC[C@@H](C=O)[C@@H](CC)[N+](=O)[O-]. The molecule has 0 unspecified atom stereocenters. The van der Waals surface area contributed by atoms with E-state index >= 15 is 0 Å². The molecule has 0 aromatic carbocycles. The average molecular weight is 215 g/mol. The van der Waals surface area contributed by atoms with Crippen molar-refractivity contribution < 1.29 is 9.72 Å². The van der Waals surface area contributed by atoms with Crippen molar-refractivity contribution >= 4 is 6.29 Å². The molecule has 0 aliphatic carbocycles. The Labute approximate surface area is 91.2 Å². The minimum atomic E-state index is -0.691. The Morgan fingerprint density at radius 1 is 1.27 bits per heavy atom. The largest absolute Gasteiger partial charge is 0.303 e. The first-order chi connectivity index (χ1) is 7.17. The van der Waals surface area contributed by atoms with Crippen LogP contribution in [0.25, 0.3) is 0 Å². The van der Waals surface area contributed by atoms with Gasteiger partial charge in [-0.15, -0.1) is 0 Å². The van der Waals surface area contributed by atoms with Crippen LogP contribution in [0.4, 0.5) is 0 Å². The minimum Gasteiger partial charge on any atom is -0.303 e. The normalized spacial score (nSPS) is 14.5. The van der Waals surface area contributed by atoms with E-state index in [1.807, 2.05) is 0 Å². The van der Waals surface area contributed by atoms with Crippen LogP contribution in [0.1, 0.15) is 52.4 Å². The molecule has 2 atom stereocenters. The second-order valence-corrected chi connectivity index (χ2v) is 3.91. The van der Waals surface area contributed by atoms with E-state index in [0.29, 0.717) is 12.8 Å². The van der Waals surface area contributed by atoms with Crippen LogP contribution in [0.5, 0.6) is 0 Å². The zero-order chi connectivity index (χ0) is 11.7. The number of carbonyl (C=O) groups is 1. The third-order valence-corrected chi connectivity index (χ3v) is 2.75. The van der Waals surface area contributed by atoms with Gasteiger partial charge in [0.05, 0.1) is 5.92 Å². The summed E-state index contributed by atoms with van der Waals surface area (Å²) < 4.78 is 0. The quantitative estimate of drug-likeness (QED) is 0.257. The summed E-state index contributed by atoms with van der Waals surface area (Å²) in [5.74, 6) is -0.401. The predicted octanol–water partition coefficient (Wildman–Crippen LogP) is 2.83. The van der Waals surface area contributed by atoms with Crippen molar-refractivity contribution in [1.82, 2.24) is 0 Å². The number of unbranched alkanes of at least 4 members (excludes halogenated alkanes) is 3. The number of nitrogens with zero attached hydrogens (tertiary/aromatic N) is 1. The fourth-order valence-corrected chi connectivity index (χ4v) is 1.77. The van der Waals surface area contributed by atoms with Gasteiger partial charge >= 0.3 is 0 Å². The summed E-state index contributed by atoms with van der Waals surface area (Å²) in [6, 6.07) is -0.691. The third kappa shape index (κ3) is 5.50. The van der Waals surface area contributed by atoms with Gasteiger partial charge in [-0.25, -0.2) is 0 Å².